The number of ether oxygens (including phenoxy) is 2. The number of rotatable bonds is 6. The Morgan fingerprint density at radius 1 is 1.19 bits per heavy atom. The molecule has 1 aliphatic carbocycles. The molecule has 1 unspecified atom stereocenters. The number of halogens is 1. The van der Waals surface area contributed by atoms with Gasteiger partial charge in [0.2, 0.25) is 11.8 Å². The fourth-order valence-electron chi connectivity index (χ4n) is 6.16. The second-order valence-electron chi connectivity index (χ2n) is 10.9. The van der Waals surface area contributed by atoms with E-state index in [2.05, 4.69) is 17.6 Å². The van der Waals surface area contributed by atoms with Gasteiger partial charge in [-0.1, -0.05) is 6.07 Å². The Hall–Kier alpha value is -2.36. The van der Waals surface area contributed by atoms with Crippen LogP contribution >= 0.6 is 0 Å². The van der Waals surface area contributed by atoms with Crippen molar-refractivity contribution in [3.63, 3.8) is 0 Å². The summed E-state index contributed by atoms with van der Waals surface area (Å²) < 4.78 is 27.5. The Morgan fingerprint density at radius 2 is 1.97 bits per heavy atom. The Balaban J connectivity index is 1.27. The number of benzene rings is 1. The van der Waals surface area contributed by atoms with Crippen LogP contribution in [0.5, 0.6) is 0 Å². The lowest BCUT2D eigenvalue weighted by atomic mass is 9.82. The van der Waals surface area contributed by atoms with Gasteiger partial charge in [0.15, 0.2) is 0 Å². The van der Waals surface area contributed by atoms with E-state index in [-0.39, 0.29) is 48.9 Å². The quantitative estimate of drug-likeness (QED) is 0.582. The maximum Gasteiger partial charge on any atom is 0.255 e. The minimum atomic E-state index is -0.754. The van der Waals surface area contributed by atoms with Crippen molar-refractivity contribution in [1.82, 2.24) is 15.5 Å². The lowest BCUT2D eigenvalue weighted by Gasteiger charge is -2.40. The summed E-state index contributed by atoms with van der Waals surface area (Å²) >= 11 is 0. The van der Waals surface area contributed by atoms with Crippen molar-refractivity contribution in [3.05, 3.63) is 34.6 Å². The molecule has 0 aromatic heterocycles. The van der Waals surface area contributed by atoms with Crippen molar-refractivity contribution in [2.75, 3.05) is 13.7 Å². The number of carbonyl (C=O) groups excluding carboxylic acids is 3. The molecule has 3 heterocycles. The Kier molecular flexibility index (Phi) is 7.16. The molecule has 3 aliphatic heterocycles. The third-order valence-corrected chi connectivity index (χ3v) is 8.58. The molecule has 1 aromatic rings. The number of nitrogens with zero attached hydrogens (tertiary/aromatic N) is 1. The Labute approximate surface area is 211 Å². The van der Waals surface area contributed by atoms with Crippen molar-refractivity contribution >= 4 is 17.7 Å². The number of carbonyl (C=O) groups is 3. The molecule has 3 fully saturated rings. The van der Waals surface area contributed by atoms with Gasteiger partial charge in [0.1, 0.15) is 11.9 Å². The normalized spacial score (nSPS) is 33.0. The van der Waals surface area contributed by atoms with E-state index < -0.39 is 17.8 Å². The van der Waals surface area contributed by atoms with Gasteiger partial charge in [-0.2, -0.15) is 0 Å². The summed E-state index contributed by atoms with van der Waals surface area (Å²) in [5, 5.41) is 6.07. The molecule has 0 spiro atoms. The van der Waals surface area contributed by atoms with Crippen LogP contribution in [-0.4, -0.2) is 66.2 Å². The van der Waals surface area contributed by atoms with Crippen LogP contribution in [-0.2, 0) is 32.0 Å². The number of hydrogen-bond donors (Lipinski definition) is 2. The largest absolute Gasteiger partial charge is 0.379 e. The third-order valence-electron chi connectivity index (χ3n) is 8.58. The zero-order valence-corrected chi connectivity index (χ0v) is 21.1. The first-order chi connectivity index (χ1) is 17.3. The van der Waals surface area contributed by atoms with Gasteiger partial charge in [0, 0.05) is 49.8 Å². The molecule has 3 atom stereocenters. The van der Waals surface area contributed by atoms with E-state index in [9.17, 15) is 14.4 Å². The summed E-state index contributed by atoms with van der Waals surface area (Å²) in [6, 6.07) is 3.13. The van der Waals surface area contributed by atoms with Crippen LogP contribution in [0.3, 0.4) is 0 Å². The van der Waals surface area contributed by atoms with E-state index in [1.54, 1.807) is 19.2 Å². The highest BCUT2D eigenvalue weighted by Gasteiger charge is 2.41. The zero-order valence-electron chi connectivity index (χ0n) is 21.1. The summed E-state index contributed by atoms with van der Waals surface area (Å²) in [5.41, 5.74) is 1.10. The van der Waals surface area contributed by atoms with E-state index in [1.165, 1.54) is 4.90 Å². The van der Waals surface area contributed by atoms with Crippen molar-refractivity contribution < 1.29 is 28.2 Å². The van der Waals surface area contributed by atoms with E-state index >= 15 is 4.39 Å². The Bertz CT molecular complexity index is 1040. The van der Waals surface area contributed by atoms with E-state index in [0.29, 0.717) is 35.8 Å². The van der Waals surface area contributed by atoms with Gasteiger partial charge in [0.25, 0.3) is 5.91 Å². The molecule has 1 saturated carbocycles. The van der Waals surface area contributed by atoms with Crippen molar-refractivity contribution in [1.29, 1.82) is 0 Å². The fourth-order valence-corrected chi connectivity index (χ4v) is 6.16. The number of imide groups is 1. The molecule has 5 rings (SSSR count). The summed E-state index contributed by atoms with van der Waals surface area (Å²) in [4.78, 5) is 38.2. The molecule has 36 heavy (non-hydrogen) atoms. The van der Waals surface area contributed by atoms with Crippen LogP contribution in [0.1, 0.15) is 79.8 Å². The molecule has 9 heteroatoms. The highest BCUT2D eigenvalue weighted by Crippen LogP contribution is 2.34. The summed E-state index contributed by atoms with van der Waals surface area (Å²) in [5.74, 6) is -1.59. The second-order valence-corrected chi connectivity index (χ2v) is 10.9. The molecule has 8 nitrogen and oxygen atoms in total. The summed E-state index contributed by atoms with van der Waals surface area (Å²) in [7, 11) is 1.78. The van der Waals surface area contributed by atoms with Crippen molar-refractivity contribution in [3.8, 4) is 0 Å². The minimum absolute atomic E-state index is 0.0354. The molecule has 0 bridgehead atoms. The predicted octanol–water partition coefficient (Wildman–Crippen LogP) is 2.61. The van der Waals surface area contributed by atoms with Crippen LogP contribution in [0.15, 0.2) is 12.1 Å². The molecule has 2 N–H and O–H groups in total. The van der Waals surface area contributed by atoms with Gasteiger partial charge in [-0.05, 0) is 63.5 Å². The van der Waals surface area contributed by atoms with Crippen molar-refractivity contribution in [2.24, 2.45) is 0 Å². The predicted molar refractivity (Wildman–Crippen MR) is 130 cm³/mol. The first kappa shape index (κ1) is 25.3. The van der Waals surface area contributed by atoms with Crippen LogP contribution < -0.4 is 10.6 Å². The highest BCUT2D eigenvalue weighted by molar-refractivity contribution is 6.05. The smallest absolute Gasteiger partial charge is 0.255 e. The maximum atomic E-state index is 15.7. The van der Waals surface area contributed by atoms with Crippen LogP contribution in [0.2, 0.25) is 0 Å². The molecular formula is C27H36FN3O5. The fraction of sp³-hybridized carbons (Fsp3) is 0.667. The molecule has 196 valence electrons. The van der Waals surface area contributed by atoms with Gasteiger partial charge in [-0.15, -0.1) is 0 Å². The Morgan fingerprint density at radius 3 is 2.69 bits per heavy atom. The van der Waals surface area contributed by atoms with E-state index in [1.807, 2.05) is 0 Å². The van der Waals surface area contributed by atoms with Crippen LogP contribution in [0.25, 0.3) is 0 Å². The number of amides is 3. The zero-order chi connectivity index (χ0) is 25.4. The van der Waals surface area contributed by atoms with E-state index in [0.717, 1.165) is 38.5 Å². The van der Waals surface area contributed by atoms with Crippen molar-refractivity contribution in [2.45, 2.75) is 101 Å². The topological polar surface area (TPSA) is 97.0 Å². The van der Waals surface area contributed by atoms with Crippen LogP contribution in [0, 0.1) is 5.82 Å². The van der Waals surface area contributed by atoms with Crippen LogP contribution in [0.4, 0.5) is 4.39 Å². The van der Waals surface area contributed by atoms with Gasteiger partial charge < -0.3 is 19.7 Å². The molecule has 2 saturated heterocycles. The minimum Gasteiger partial charge on any atom is -0.379 e. The lowest BCUT2D eigenvalue weighted by Crippen LogP contribution is -2.52. The summed E-state index contributed by atoms with van der Waals surface area (Å²) in [6.07, 6.45) is 6.76. The summed E-state index contributed by atoms with van der Waals surface area (Å²) in [6.45, 7) is 2.86. The average molecular weight is 502 g/mol. The SMILES string of the molecule is CO[C@]1(C)CC[C@@H](N[C@H]2CCCO[C@@H]2Cc2ccc3c(c2F)CN(C2CCC(=O)NC2=O)C3=O)CC1. The molecule has 1 aromatic carbocycles. The molecule has 4 aliphatic rings. The highest BCUT2D eigenvalue weighted by atomic mass is 19.1. The standard InChI is InChI=1S/C27H36FN3O5/c1-27(35-2)11-9-17(10-12-27)29-20-4-3-13-36-22(20)14-16-5-6-18-19(24(16)28)15-31(26(18)34)21-7-8-23(32)30-25(21)33/h5-6,17,20-22,29H,3-4,7-15H2,1-2H3,(H,30,32,33)/t17-,20-,21?,22+,27-/m0/s1. The number of nitrogens with one attached hydrogen (secondary N) is 2. The second kappa shape index (κ2) is 10.2. The first-order valence-electron chi connectivity index (χ1n) is 13.2. The van der Waals surface area contributed by atoms with Gasteiger partial charge in [0.05, 0.1) is 18.2 Å². The number of piperidine rings is 1. The number of methoxy groups -OCH3 is 1. The molecule has 0 radical (unpaired) electrons. The third kappa shape index (κ3) is 4.93. The monoisotopic (exact) mass is 501 g/mol. The molecule has 3 amide bonds. The number of fused-ring (bicyclic) bond motifs is 1. The maximum absolute atomic E-state index is 15.7. The lowest BCUT2D eigenvalue weighted by molar-refractivity contribution is -0.136. The molecular weight excluding hydrogens is 465 g/mol. The number of hydrogen-bond acceptors (Lipinski definition) is 6. The van der Waals surface area contributed by atoms with Gasteiger partial charge >= 0.3 is 0 Å². The van der Waals surface area contributed by atoms with E-state index in [4.69, 9.17) is 9.47 Å². The first-order valence-corrected chi connectivity index (χ1v) is 13.2. The average Bonchev–Trinajstić information content (AvgIpc) is 3.20. The van der Waals surface area contributed by atoms with Gasteiger partial charge in [-0.3, -0.25) is 19.7 Å². The van der Waals surface area contributed by atoms with Gasteiger partial charge in [-0.25, -0.2) is 4.39 Å².